The van der Waals surface area contributed by atoms with Crippen LogP contribution < -0.4 is 5.32 Å². The van der Waals surface area contributed by atoms with Crippen LogP contribution in [0.25, 0.3) is 0 Å². The molecule has 2 aromatic carbocycles. The van der Waals surface area contributed by atoms with Crippen LogP contribution in [-0.2, 0) is 0 Å². The number of hydrogen-bond acceptors (Lipinski definition) is 2. The van der Waals surface area contributed by atoms with Crippen LogP contribution in [0.15, 0.2) is 39.8 Å². The Morgan fingerprint density at radius 1 is 1.33 bits per heavy atom. The molecule has 1 heterocycles. The lowest BCUT2D eigenvalue weighted by Gasteiger charge is -2.16. The molecule has 1 unspecified atom stereocenters. The first-order chi connectivity index (χ1) is 11.4. The zero-order valence-corrected chi connectivity index (χ0v) is 15.3. The Morgan fingerprint density at radius 2 is 2.08 bits per heavy atom. The first kappa shape index (κ1) is 16.9. The second-order valence-electron chi connectivity index (χ2n) is 5.67. The zero-order chi connectivity index (χ0) is 17.4. The molecule has 3 rings (SSSR count). The highest BCUT2D eigenvalue weighted by atomic mass is 79.9. The smallest absolute Gasteiger partial charge is 0.252 e. The molecule has 1 atom stereocenters. The van der Waals surface area contributed by atoms with Crippen molar-refractivity contribution in [1.29, 1.82) is 0 Å². The van der Waals surface area contributed by atoms with Gasteiger partial charge in [-0.15, -0.1) is 0 Å². The van der Waals surface area contributed by atoms with Gasteiger partial charge in [0.25, 0.3) is 5.91 Å². The number of halogens is 3. The molecule has 24 heavy (non-hydrogen) atoms. The number of hydrogen-bond donors (Lipinski definition) is 1. The van der Waals surface area contributed by atoms with Gasteiger partial charge in [-0.3, -0.25) is 4.79 Å². The van der Waals surface area contributed by atoms with Gasteiger partial charge in [0.2, 0.25) is 0 Å². The summed E-state index contributed by atoms with van der Waals surface area (Å²) in [5, 5.41) is 3.25. The van der Waals surface area contributed by atoms with Gasteiger partial charge >= 0.3 is 0 Å². The Morgan fingerprint density at radius 3 is 2.79 bits per heavy atom. The van der Waals surface area contributed by atoms with Crippen molar-refractivity contribution in [3.05, 3.63) is 62.3 Å². The monoisotopic (exact) mass is 409 g/mol. The first-order valence-corrected chi connectivity index (χ1v) is 8.34. The standard InChI is InChI=1S/C17H14BrClFN3O/c1-23(2)8-21-14-6-9(18)5-12-15(14)16(22-17(12)24)11-7-10(20)3-4-13(11)19/h3-8,16H,1-2H3,(H,22,24). The normalized spacial score (nSPS) is 16.4. The van der Waals surface area contributed by atoms with Gasteiger partial charge < -0.3 is 10.2 Å². The van der Waals surface area contributed by atoms with Gasteiger partial charge in [-0.1, -0.05) is 27.5 Å². The van der Waals surface area contributed by atoms with Gasteiger partial charge in [0.15, 0.2) is 0 Å². The molecule has 4 nitrogen and oxygen atoms in total. The van der Waals surface area contributed by atoms with Crippen LogP contribution in [0.5, 0.6) is 0 Å². The van der Waals surface area contributed by atoms with Crippen molar-refractivity contribution in [2.24, 2.45) is 4.99 Å². The van der Waals surface area contributed by atoms with Gasteiger partial charge in [-0.25, -0.2) is 9.38 Å². The van der Waals surface area contributed by atoms with E-state index in [1.165, 1.54) is 18.2 Å². The Labute approximate surface area is 152 Å². The number of aliphatic imine (C=N–C) groups is 1. The molecule has 0 bridgehead atoms. The maximum absolute atomic E-state index is 13.7. The summed E-state index contributed by atoms with van der Waals surface area (Å²) in [6.07, 6.45) is 1.65. The van der Waals surface area contributed by atoms with Crippen LogP contribution in [0.4, 0.5) is 10.1 Å². The Balaban J connectivity index is 2.19. The molecule has 0 aromatic heterocycles. The predicted molar refractivity (Wildman–Crippen MR) is 96.7 cm³/mol. The maximum atomic E-state index is 13.7. The summed E-state index contributed by atoms with van der Waals surface area (Å²) in [5.74, 6) is -0.648. The average Bonchev–Trinajstić information content (AvgIpc) is 2.84. The van der Waals surface area contributed by atoms with Crippen molar-refractivity contribution in [1.82, 2.24) is 10.2 Å². The minimum Gasteiger partial charge on any atom is -0.369 e. The molecule has 1 amide bonds. The summed E-state index contributed by atoms with van der Waals surface area (Å²) in [6, 6.07) is 7.11. The molecule has 2 aromatic rings. The SMILES string of the molecule is CN(C)C=Nc1cc(Br)cc2c1C(c1cc(F)ccc1Cl)NC2=O. The second-order valence-corrected chi connectivity index (χ2v) is 6.99. The second kappa shape index (κ2) is 6.53. The molecule has 0 radical (unpaired) electrons. The molecule has 0 saturated carbocycles. The average molecular weight is 411 g/mol. The Kier molecular flexibility index (Phi) is 4.60. The molecule has 7 heteroatoms. The molecule has 124 valence electrons. The van der Waals surface area contributed by atoms with Crippen molar-refractivity contribution in [3.63, 3.8) is 0 Å². The van der Waals surface area contributed by atoms with E-state index in [-0.39, 0.29) is 5.91 Å². The summed E-state index contributed by atoms with van der Waals surface area (Å²) < 4.78 is 14.4. The topological polar surface area (TPSA) is 44.7 Å². The van der Waals surface area contributed by atoms with E-state index in [1.807, 2.05) is 20.2 Å². The number of benzene rings is 2. The lowest BCUT2D eigenvalue weighted by atomic mass is 9.96. The fourth-order valence-corrected chi connectivity index (χ4v) is 3.30. The van der Waals surface area contributed by atoms with Gasteiger partial charge in [0.05, 0.1) is 18.1 Å². The van der Waals surface area contributed by atoms with E-state index in [2.05, 4.69) is 26.2 Å². The van der Waals surface area contributed by atoms with Crippen LogP contribution in [0, 0.1) is 5.82 Å². The number of rotatable bonds is 3. The van der Waals surface area contributed by atoms with Crippen molar-refractivity contribution in [3.8, 4) is 0 Å². The number of amides is 1. The van der Waals surface area contributed by atoms with Crippen LogP contribution in [0.1, 0.15) is 27.5 Å². The number of carbonyl (C=O) groups excluding carboxylic acids is 1. The van der Waals surface area contributed by atoms with E-state index in [4.69, 9.17) is 11.6 Å². The first-order valence-electron chi connectivity index (χ1n) is 7.16. The third-order valence-electron chi connectivity index (χ3n) is 3.63. The number of carbonyl (C=O) groups is 1. The van der Waals surface area contributed by atoms with E-state index >= 15 is 0 Å². The summed E-state index contributed by atoms with van der Waals surface area (Å²) in [7, 11) is 3.71. The third-order valence-corrected chi connectivity index (χ3v) is 4.43. The van der Waals surface area contributed by atoms with E-state index in [9.17, 15) is 9.18 Å². The van der Waals surface area contributed by atoms with E-state index < -0.39 is 11.9 Å². The fraction of sp³-hybridized carbons (Fsp3) is 0.176. The van der Waals surface area contributed by atoms with Crippen LogP contribution in [0.3, 0.4) is 0 Å². The molecule has 0 fully saturated rings. The summed E-state index contributed by atoms with van der Waals surface area (Å²) in [5.41, 5.74) is 2.32. The summed E-state index contributed by atoms with van der Waals surface area (Å²) in [6.45, 7) is 0. The Hall–Kier alpha value is -1.92. The molecule has 0 spiro atoms. The van der Waals surface area contributed by atoms with Crippen molar-refractivity contribution < 1.29 is 9.18 Å². The molecule has 1 N–H and O–H groups in total. The molecule has 0 aliphatic carbocycles. The molecular weight excluding hydrogens is 397 g/mol. The van der Waals surface area contributed by atoms with E-state index in [0.29, 0.717) is 27.4 Å². The Bertz CT molecular complexity index is 854. The van der Waals surface area contributed by atoms with Crippen molar-refractivity contribution >= 4 is 45.5 Å². The molecule has 1 aliphatic heterocycles. The number of nitrogens with one attached hydrogen (secondary N) is 1. The number of nitrogens with zero attached hydrogens (tertiary/aromatic N) is 2. The quantitative estimate of drug-likeness (QED) is 0.606. The molecule has 0 saturated heterocycles. The lowest BCUT2D eigenvalue weighted by Crippen LogP contribution is -2.20. The highest BCUT2D eigenvalue weighted by Gasteiger charge is 2.34. The van der Waals surface area contributed by atoms with Crippen molar-refractivity contribution in [2.45, 2.75) is 6.04 Å². The highest BCUT2D eigenvalue weighted by Crippen LogP contribution is 2.41. The molecule has 1 aliphatic rings. The minimum absolute atomic E-state index is 0.238. The highest BCUT2D eigenvalue weighted by molar-refractivity contribution is 9.10. The van der Waals surface area contributed by atoms with Crippen LogP contribution >= 0.6 is 27.5 Å². The van der Waals surface area contributed by atoms with Gasteiger partial charge in [0.1, 0.15) is 5.82 Å². The van der Waals surface area contributed by atoms with E-state index in [1.54, 1.807) is 17.3 Å². The van der Waals surface area contributed by atoms with Gasteiger partial charge in [-0.05, 0) is 30.3 Å². The lowest BCUT2D eigenvalue weighted by molar-refractivity contribution is 0.0960. The summed E-state index contributed by atoms with van der Waals surface area (Å²) >= 11 is 9.63. The fourth-order valence-electron chi connectivity index (χ4n) is 2.63. The summed E-state index contributed by atoms with van der Waals surface area (Å²) in [4.78, 5) is 18.6. The van der Waals surface area contributed by atoms with Crippen LogP contribution in [0.2, 0.25) is 5.02 Å². The maximum Gasteiger partial charge on any atom is 0.252 e. The molecular formula is C17H14BrClFN3O. The predicted octanol–water partition coefficient (Wildman–Crippen LogP) is 4.30. The third kappa shape index (κ3) is 3.16. The minimum atomic E-state index is -0.543. The number of fused-ring (bicyclic) bond motifs is 1. The van der Waals surface area contributed by atoms with Gasteiger partial charge in [0, 0.05) is 40.3 Å². The zero-order valence-electron chi connectivity index (χ0n) is 13.0. The van der Waals surface area contributed by atoms with Gasteiger partial charge in [-0.2, -0.15) is 0 Å². The largest absolute Gasteiger partial charge is 0.369 e. The van der Waals surface area contributed by atoms with E-state index in [0.717, 1.165) is 4.47 Å². The van der Waals surface area contributed by atoms with Crippen LogP contribution in [-0.4, -0.2) is 31.2 Å². The van der Waals surface area contributed by atoms with Crippen molar-refractivity contribution in [2.75, 3.05) is 14.1 Å².